The van der Waals surface area contributed by atoms with Crippen molar-refractivity contribution in [1.82, 2.24) is 0 Å². The molecule has 0 nitrogen and oxygen atoms in total. The summed E-state index contributed by atoms with van der Waals surface area (Å²) in [6, 6.07) is 4.66. The Balaban J connectivity index is 3.25. The Bertz CT molecular complexity index is 358. The maximum absolute atomic E-state index is 3.71. The zero-order valence-electron chi connectivity index (χ0n) is 10.8. The fraction of sp³-hybridized carbons (Fsp3) is 0.571. The zero-order chi connectivity index (χ0) is 12.3. The van der Waals surface area contributed by atoms with E-state index in [1.807, 2.05) is 11.8 Å². The number of hydrogen-bond donors (Lipinski definition) is 0. The monoisotopic (exact) mass is 300 g/mol. The van der Waals surface area contributed by atoms with Crippen molar-refractivity contribution >= 4 is 27.7 Å². The van der Waals surface area contributed by atoms with Gasteiger partial charge in [-0.25, -0.2) is 0 Å². The molecule has 0 aliphatic heterocycles. The molecule has 2 heteroatoms. The molecule has 0 N–H and O–H groups in total. The Morgan fingerprint density at radius 2 is 1.81 bits per heavy atom. The summed E-state index contributed by atoms with van der Waals surface area (Å²) >= 11 is 5.56. The maximum Gasteiger partial charge on any atom is 0.0213 e. The van der Waals surface area contributed by atoms with Crippen LogP contribution in [0.1, 0.15) is 57.1 Å². The third-order valence-corrected chi connectivity index (χ3v) is 4.59. The highest BCUT2D eigenvalue weighted by Gasteiger charge is 2.13. The Hall–Kier alpha value is 0.0500. The van der Waals surface area contributed by atoms with E-state index >= 15 is 0 Å². The first-order chi connectivity index (χ1) is 7.51. The van der Waals surface area contributed by atoms with Crippen LogP contribution in [0.5, 0.6) is 0 Å². The van der Waals surface area contributed by atoms with E-state index in [2.05, 4.69) is 62.0 Å². The second-order valence-corrected chi connectivity index (χ2v) is 6.28. The Morgan fingerprint density at radius 1 is 1.19 bits per heavy atom. The van der Waals surface area contributed by atoms with E-state index in [1.165, 1.54) is 26.9 Å². The number of halogens is 1. The molecule has 1 unspecified atom stereocenters. The van der Waals surface area contributed by atoms with Crippen molar-refractivity contribution in [1.29, 1.82) is 0 Å². The van der Waals surface area contributed by atoms with Crippen LogP contribution in [-0.2, 0) is 0 Å². The van der Waals surface area contributed by atoms with Gasteiger partial charge in [-0.1, -0.05) is 43.6 Å². The highest BCUT2D eigenvalue weighted by Crippen LogP contribution is 2.36. The van der Waals surface area contributed by atoms with Crippen LogP contribution in [0.15, 0.2) is 21.5 Å². The molecule has 1 atom stereocenters. The topological polar surface area (TPSA) is 0 Å². The van der Waals surface area contributed by atoms with Gasteiger partial charge in [0.1, 0.15) is 0 Å². The second kappa shape index (κ2) is 6.11. The smallest absolute Gasteiger partial charge is 0.0213 e. The maximum atomic E-state index is 3.71. The predicted octanol–water partition coefficient (Wildman–Crippen LogP) is 5.81. The fourth-order valence-corrected chi connectivity index (χ4v) is 3.34. The van der Waals surface area contributed by atoms with Crippen LogP contribution in [0.4, 0.5) is 0 Å². The lowest BCUT2D eigenvalue weighted by molar-refractivity contribution is 0.723. The largest absolute Gasteiger partial charge is 0.129 e. The lowest BCUT2D eigenvalue weighted by Gasteiger charge is -2.18. The molecule has 0 aromatic heterocycles. The highest BCUT2D eigenvalue weighted by atomic mass is 79.9. The molecule has 0 amide bonds. The molecule has 0 bridgehead atoms. The van der Waals surface area contributed by atoms with Crippen molar-refractivity contribution in [2.75, 3.05) is 6.26 Å². The van der Waals surface area contributed by atoms with Crippen molar-refractivity contribution in [3.63, 3.8) is 0 Å². The number of thioether (sulfide) groups is 1. The van der Waals surface area contributed by atoms with Gasteiger partial charge in [-0.2, -0.15) is 0 Å². The second-order valence-electron chi connectivity index (χ2n) is 4.58. The van der Waals surface area contributed by atoms with Crippen LogP contribution >= 0.6 is 27.7 Å². The van der Waals surface area contributed by atoms with Gasteiger partial charge >= 0.3 is 0 Å². The molecule has 0 saturated heterocycles. The van der Waals surface area contributed by atoms with Crippen LogP contribution in [0.3, 0.4) is 0 Å². The summed E-state index contributed by atoms with van der Waals surface area (Å²) in [5, 5.41) is 0. The molecule has 1 aromatic rings. The van der Waals surface area contributed by atoms with Gasteiger partial charge in [0, 0.05) is 9.37 Å². The number of hydrogen-bond acceptors (Lipinski definition) is 1. The molecule has 0 fully saturated rings. The zero-order valence-corrected chi connectivity index (χ0v) is 13.2. The summed E-state index contributed by atoms with van der Waals surface area (Å²) in [5.41, 5.74) is 2.89. The van der Waals surface area contributed by atoms with Gasteiger partial charge in [-0.05, 0) is 47.8 Å². The molecule has 0 aliphatic rings. The molecule has 0 aliphatic carbocycles. The van der Waals surface area contributed by atoms with Gasteiger partial charge in [0.25, 0.3) is 0 Å². The van der Waals surface area contributed by atoms with Crippen molar-refractivity contribution in [2.24, 2.45) is 0 Å². The molecular weight excluding hydrogens is 280 g/mol. The van der Waals surface area contributed by atoms with E-state index in [9.17, 15) is 0 Å². The first kappa shape index (κ1) is 14.1. The summed E-state index contributed by atoms with van der Waals surface area (Å²) in [6.07, 6.45) is 3.35. The first-order valence-corrected chi connectivity index (χ1v) is 7.90. The van der Waals surface area contributed by atoms with Crippen LogP contribution in [0.2, 0.25) is 0 Å². The molecule has 0 saturated carbocycles. The first-order valence-electron chi connectivity index (χ1n) is 5.88. The minimum Gasteiger partial charge on any atom is -0.129 e. The van der Waals surface area contributed by atoms with Crippen molar-refractivity contribution in [3.05, 3.63) is 27.7 Å². The van der Waals surface area contributed by atoms with E-state index < -0.39 is 0 Å². The van der Waals surface area contributed by atoms with E-state index in [0.717, 1.165) is 0 Å². The summed E-state index contributed by atoms with van der Waals surface area (Å²) in [5.74, 6) is 1.21. The third kappa shape index (κ3) is 3.04. The predicted molar refractivity (Wildman–Crippen MR) is 78.7 cm³/mol. The average molecular weight is 301 g/mol. The van der Waals surface area contributed by atoms with E-state index in [0.29, 0.717) is 11.8 Å². The minimum atomic E-state index is 0.588. The molecule has 0 spiro atoms. The van der Waals surface area contributed by atoms with Crippen LogP contribution in [0.25, 0.3) is 0 Å². The summed E-state index contributed by atoms with van der Waals surface area (Å²) in [4.78, 5) is 1.42. The van der Waals surface area contributed by atoms with E-state index in [-0.39, 0.29) is 0 Å². The average Bonchev–Trinajstić information content (AvgIpc) is 2.27. The molecule has 0 radical (unpaired) electrons. The molecule has 1 aromatic carbocycles. The highest BCUT2D eigenvalue weighted by molar-refractivity contribution is 9.10. The quantitative estimate of drug-likeness (QED) is 0.633. The molecular formula is C14H21BrS. The molecule has 1 rings (SSSR count). The lowest BCUT2D eigenvalue weighted by Crippen LogP contribution is -1.98. The Kier molecular flexibility index (Phi) is 5.39. The van der Waals surface area contributed by atoms with Crippen LogP contribution < -0.4 is 0 Å². The van der Waals surface area contributed by atoms with Crippen molar-refractivity contribution < 1.29 is 0 Å². The van der Waals surface area contributed by atoms with Gasteiger partial charge in [0.2, 0.25) is 0 Å². The summed E-state index contributed by atoms with van der Waals surface area (Å²) in [6.45, 7) is 9.04. The standard InChI is InChI=1S/C14H21BrS/c1-6-10(4)12-8-14(16-5)11(9(2)3)7-13(12)15/h7-10H,6H2,1-5H3. The van der Waals surface area contributed by atoms with E-state index in [4.69, 9.17) is 0 Å². The number of benzene rings is 1. The Morgan fingerprint density at radius 3 is 2.25 bits per heavy atom. The summed E-state index contributed by atoms with van der Waals surface area (Å²) < 4.78 is 1.27. The summed E-state index contributed by atoms with van der Waals surface area (Å²) in [7, 11) is 0. The molecule has 90 valence electrons. The third-order valence-electron chi connectivity index (χ3n) is 3.11. The van der Waals surface area contributed by atoms with Gasteiger partial charge in [-0.15, -0.1) is 11.8 Å². The minimum absolute atomic E-state index is 0.588. The SMILES string of the molecule is CCC(C)c1cc(SC)c(C(C)C)cc1Br. The number of rotatable bonds is 4. The van der Waals surface area contributed by atoms with Gasteiger partial charge < -0.3 is 0 Å². The van der Waals surface area contributed by atoms with Gasteiger partial charge in [0.05, 0.1) is 0 Å². The fourth-order valence-electron chi connectivity index (χ4n) is 1.81. The molecule has 16 heavy (non-hydrogen) atoms. The lowest BCUT2D eigenvalue weighted by atomic mass is 9.95. The van der Waals surface area contributed by atoms with Crippen LogP contribution in [0, 0.1) is 0 Å². The van der Waals surface area contributed by atoms with Crippen molar-refractivity contribution in [3.8, 4) is 0 Å². The van der Waals surface area contributed by atoms with Gasteiger partial charge in [0.15, 0.2) is 0 Å². The van der Waals surface area contributed by atoms with Gasteiger partial charge in [-0.3, -0.25) is 0 Å². The van der Waals surface area contributed by atoms with Crippen LogP contribution in [-0.4, -0.2) is 6.26 Å². The molecule has 0 heterocycles. The van der Waals surface area contributed by atoms with E-state index in [1.54, 1.807) is 0 Å². The normalized spacial score (nSPS) is 13.2. The van der Waals surface area contributed by atoms with Crippen molar-refractivity contribution in [2.45, 2.75) is 50.8 Å². The Labute approximate surface area is 112 Å².